The number of anilines is 2. The molecular formula is C12H18N4O2S. The van der Waals surface area contributed by atoms with Gasteiger partial charge in [-0.15, -0.1) is 0 Å². The standard InChI is InChI=1S/C12H18N4O2S/c1-16(10-4-5-19(17,18)7-10)12-6-11(13-8-14-12)15-9-2-3-9/h6,8-10H,2-5,7H2,1H3,(H,13,14,15). The van der Waals surface area contributed by atoms with Crippen LogP contribution < -0.4 is 10.2 Å². The molecule has 1 aliphatic heterocycles. The zero-order valence-electron chi connectivity index (χ0n) is 10.9. The summed E-state index contributed by atoms with van der Waals surface area (Å²) in [5.41, 5.74) is 0. The molecule has 104 valence electrons. The van der Waals surface area contributed by atoms with Crippen LogP contribution in [0.5, 0.6) is 0 Å². The van der Waals surface area contributed by atoms with E-state index in [2.05, 4.69) is 15.3 Å². The number of nitrogens with zero attached hydrogens (tertiary/aromatic N) is 3. The summed E-state index contributed by atoms with van der Waals surface area (Å²) in [6.07, 6.45) is 4.58. The summed E-state index contributed by atoms with van der Waals surface area (Å²) in [5.74, 6) is 2.10. The molecule has 1 aromatic rings. The molecule has 1 unspecified atom stereocenters. The average Bonchev–Trinajstić information content (AvgIpc) is 3.11. The summed E-state index contributed by atoms with van der Waals surface area (Å²) in [7, 11) is -0.971. The highest BCUT2D eigenvalue weighted by Crippen LogP contribution is 2.26. The van der Waals surface area contributed by atoms with Gasteiger partial charge in [0.1, 0.15) is 18.0 Å². The summed E-state index contributed by atoms with van der Waals surface area (Å²) in [5, 5.41) is 3.32. The Labute approximate surface area is 113 Å². The Balaban J connectivity index is 1.73. The number of rotatable bonds is 4. The molecule has 2 aliphatic rings. The molecule has 1 aromatic heterocycles. The zero-order valence-corrected chi connectivity index (χ0v) is 11.7. The van der Waals surface area contributed by atoms with Gasteiger partial charge in [0.2, 0.25) is 0 Å². The van der Waals surface area contributed by atoms with Gasteiger partial charge in [-0.2, -0.15) is 0 Å². The van der Waals surface area contributed by atoms with Crippen LogP contribution in [0.3, 0.4) is 0 Å². The van der Waals surface area contributed by atoms with E-state index in [4.69, 9.17) is 0 Å². The molecule has 1 aliphatic carbocycles. The van der Waals surface area contributed by atoms with Gasteiger partial charge in [0.25, 0.3) is 0 Å². The van der Waals surface area contributed by atoms with E-state index in [-0.39, 0.29) is 17.5 Å². The van der Waals surface area contributed by atoms with Crippen molar-refractivity contribution in [2.75, 3.05) is 28.8 Å². The maximum atomic E-state index is 11.5. The fourth-order valence-electron chi connectivity index (χ4n) is 2.32. The van der Waals surface area contributed by atoms with E-state index in [1.165, 1.54) is 19.2 Å². The lowest BCUT2D eigenvalue weighted by atomic mass is 10.2. The minimum absolute atomic E-state index is 0.0219. The summed E-state index contributed by atoms with van der Waals surface area (Å²) < 4.78 is 23.1. The van der Waals surface area contributed by atoms with E-state index >= 15 is 0 Å². The van der Waals surface area contributed by atoms with Crippen molar-refractivity contribution in [2.24, 2.45) is 0 Å². The highest BCUT2D eigenvalue weighted by Gasteiger charge is 2.31. The van der Waals surface area contributed by atoms with Crippen molar-refractivity contribution in [2.45, 2.75) is 31.3 Å². The largest absolute Gasteiger partial charge is 0.367 e. The van der Waals surface area contributed by atoms with Gasteiger partial charge in [0.05, 0.1) is 11.5 Å². The Kier molecular flexibility index (Phi) is 3.08. The van der Waals surface area contributed by atoms with Crippen molar-refractivity contribution in [1.82, 2.24) is 9.97 Å². The minimum atomic E-state index is -2.87. The van der Waals surface area contributed by atoms with Gasteiger partial charge < -0.3 is 10.2 Å². The molecule has 3 rings (SSSR count). The predicted octanol–water partition coefficient (Wildman–Crippen LogP) is 0.674. The van der Waals surface area contributed by atoms with E-state index in [0.29, 0.717) is 12.5 Å². The topological polar surface area (TPSA) is 75.2 Å². The first-order valence-electron chi connectivity index (χ1n) is 6.55. The van der Waals surface area contributed by atoms with Gasteiger partial charge in [0.15, 0.2) is 9.84 Å². The second kappa shape index (κ2) is 4.63. The normalized spacial score (nSPS) is 25.2. The van der Waals surface area contributed by atoms with Gasteiger partial charge in [-0.3, -0.25) is 0 Å². The molecule has 6 nitrogen and oxygen atoms in total. The third-order valence-electron chi connectivity index (χ3n) is 3.70. The van der Waals surface area contributed by atoms with Crippen LogP contribution in [0.25, 0.3) is 0 Å². The third kappa shape index (κ3) is 2.97. The lowest BCUT2D eigenvalue weighted by Crippen LogP contribution is -2.33. The molecule has 19 heavy (non-hydrogen) atoms. The van der Waals surface area contributed by atoms with Crippen LogP contribution in [-0.2, 0) is 9.84 Å². The Morgan fingerprint density at radius 1 is 1.32 bits per heavy atom. The highest BCUT2D eigenvalue weighted by molar-refractivity contribution is 7.91. The third-order valence-corrected chi connectivity index (χ3v) is 5.45. The van der Waals surface area contributed by atoms with Gasteiger partial charge in [-0.05, 0) is 19.3 Å². The molecule has 1 N–H and O–H groups in total. The van der Waals surface area contributed by atoms with Crippen LogP contribution in [0.2, 0.25) is 0 Å². The molecule has 0 radical (unpaired) electrons. The number of nitrogens with one attached hydrogen (secondary N) is 1. The van der Waals surface area contributed by atoms with Crippen LogP contribution in [0, 0.1) is 0 Å². The zero-order chi connectivity index (χ0) is 13.5. The van der Waals surface area contributed by atoms with E-state index < -0.39 is 9.84 Å². The Bertz CT molecular complexity index is 571. The molecule has 7 heteroatoms. The van der Waals surface area contributed by atoms with Crippen molar-refractivity contribution in [3.05, 3.63) is 12.4 Å². The van der Waals surface area contributed by atoms with Gasteiger partial charge >= 0.3 is 0 Å². The molecule has 0 aromatic carbocycles. The molecule has 2 fully saturated rings. The smallest absolute Gasteiger partial charge is 0.152 e. The number of hydrogen-bond acceptors (Lipinski definition) is 6. The first kappa shape index (κ1) is 12.7. The molecule has 1 saturated carbocycles. The SMILES string of the molecule is CN(c1cc(NC2CC2)ncn1)C1CCS(=O)(=O)C1. The van der Waals surface area contributed by atoms with Crippen molar-refractivity contribution in [3.63, 3.8) is 0 Å². The van der Waals surface area contributed by atoms with Crippen molar-refractivity contribution >= 4 is 21.5 Å². The van der Waals surface area contributed by atoms with Gasteiger partial charge in [-0.1, -0.05) is 0 Å². The first-order valence-corrected chi connectivity index (χ1v) is 8.37. The summed E-state index contributed by atoms with van der Waals surface area (Å²) >= 11 is 0. The minimum Gasteiger partial charge on any atom is -0.367 e. The monoisotopic (exact) mass is 282 g/mol. The van der Waals surface area contributed by atoms with Gasteiger partial charge in [-0.25, -0.2) is 18.4 Å². The van der Waals surface area contributed by atoms with Crippen molar-refractivity contribution < 1.29 is 8.42 Å². The van der Waals surface area contributed by atoms with Crippen LogP contribution >= 0.6 is 0 Å². The Morgan fingerprint density at radius 3 is 2.74 bits per heavy atom. The number of sulfone groups is 1. The molecular weight excluding hydrogens is 264 g/mol. The van der Waals surface area contributed by atoms with E-state index in [0.717, 1.165) is 11.6 Å². The molecule has 2 heterocycles. The van der Waals surface area contributed by atoms with E-state index in [1.54, 1.807) is 0 Å². The maximum Gasteiger partial charge on any atom is 0.152 e. The molecule has 0 bridgehead atoms. The van der Waals surface area contributed by atoms with Crippen LogP contribution in [-0.4, -0.2) is 49.0 Å². The quantitative estimate of drug-likeness (QED) is 0.875. The van der Waals surface area contributed by atoms with Crippen LogP contribution in [0.4, 0.5) is 11.6 Å². The lowest BCUT2D eigenvalue weighted by Gasteiger charge is -2.24. The molecule has 1 atom stereocenters. The summed E-state index contributed by atoms with van der Waals surface area (Å²) in [6.45, 7) is 0. The maximum absolute atomic E-state index is 11.5. The highest BCUT2D eigenvalue weighted by atomic mass is 32.2. The average molecular weight is 282 g/mol. The van der Waals surface area contributed by atoms with E-state index in [1.807, 2.05) is 18.0 Å². The summed E-state index contributed by atoms with van der Waals surface area (Å²) in [6, 6.07) is 2.46. The number of hydrogen-bond donors (Lipinski definition) is 1. The summed E-state index contributed by atoms with van der Waals surface area (Å²) in [4.78, 5) is 10.4. The second-order valence-corrected chi connectivity index (χ2v) is 7.58. The predicted molar refractivity (Wildman–Crippen MR) is 74.1 cm³/mol. The lowest BCUT2D eigenvalue weighted by molar-refractivity contribution is 0.600. The first-order chi connectivity index (χ1) is 9.03. The van der Waals surface area contributed by atoms with Crippen molar-refractivity contribution in [3.8, 4) is 0 Å². The molecule has 0 amide bonds. The van der Waals surface area contributed by atoms with E-state index in [9.17, 15) is 8.42 Å². The van der Waals surface area contributed by atoms with Crippen LogP contribution in [0.15, 0.2) is 12.4 Å². The molecule has 1 saturated heterocycles. The second-order valence-electron chi connectivity index (χ2n) is 5.35. The number of aromatic nitrogens is 2. The Hall–Kier alpha value is -1.37. The molecule has 0 spiro atoms. The fourth-order valence-corrected chi connectivity index (χ4v) is 4.10. The Morgan fingerprint density at radius 2 is 2.11 bits per heavy atom. The van der Waals surface area contributed by atoms with Crippen LogP contribution in [0.1, 0.15) is 19.3 Å². The fraction of sp³-hybridized carbons (Fsp3) is 0.667. The van der Waals surface area contributed by atoms with Crippen molar-refractivity contribution in [1.29, 1.82) is 0 Å². The van der Waals surface area contributed by atoms with Gasteiger partial charge in [0, 0.05) is 25.2 Å².